The van der Waals surface area contributed by atoms with Crippen LogP contribution in [0.3, 0.4) is 0 Å². The quantitative estimate of drug-likeness (QED) is 0.649. The molecule has 5 heteroatoms. The zero-order valence-electron chi connectivity index (χ0n) is 7.27. The fourth-order valence-corrected chi connectivity index (χ4v) is 1.47. The van der Waals surface area contributed by atoms with Crippen LogP contribution in [-0.2, 0) is 9.59 Å². The fourth-order valence-electron chi connectivity index (χ4n) is 1.32. The van der Waals surface area contributed by atoms with Gasteiger partial charge in [-0.25, -0.2) is 4.79 Å². The lowest BCUT2D eigenvalue weighted by Gasteiger charge is -2.38. The molecule has 74 valence electrons. The van der Waals surface area contributed by atoms with Gasteiger partial charge >= 0.3 is 5.97 Å². The van der Waals surface area contributed by atoms with E-state index in [1.54, 1.807) is 0 Å². The van der Waals surface area contributed by atoms with Crippen LogP contribution in [0.15, 0.2) is 0 Å². The molecule has 1 N–H and O–H groups in total. The standard InChI is InChI=1S/C8H13NO3S/c10-7(2-1-5-13)9-4-3-6(9)8(11)12/h6,13H,1-5H2,(H,11,12). The monoisotopic (exact) mass is 203 g/mol. The Bertz CT molecular complexity index is 219. The molecular weight excluding hydrogens is 190 g/mol. The normalized spacial score (nSPS) is 21.0. The van der Waals surface area contributed by atoms with Crippen molar-refractivity contribution in [3.63, 3.8) is 0 Å². The number of carboxylic acids is 1. The van der Waals surface area contributed by atoms with Gasteiger partial charge in [-0.15, -0.1) is 0 Å². The number of carbonyl (C=O) groups excluding carboxylic acids is 1. The number of thiol groups is 1. The number of aliphatic carboxylic acids is 1. The molecule has 1 fully saturated rings. The summed E-state index contributed by atoms with van der Waals surface area (Å²) < 4.78 is 0. The van der Waals surface area contributed by atoms with Crippen molar-refractivity contribution in [3.8, 4) is 0 Å². The van der Waals surface area contributed by atoms with Crippen LogP contribution < -0.4 is 0 Å². The van der Waals surface area contributed by atoms with Gasteiger partial charge in [0.2, 0.25) is 5.91 Å². The molecular formula is C8H13NO3S. The lowest BCUT2D eigenvalue weighted by Crippen LogP contribution is -2.55. The highest BCUT2D eigenvalue weighted by Gasteiger charge is 2.36. The van der Waals surface area contributed by atoms with Crippen LogP contribution in [0.25, 0.3) is 0 Å². The lowest BCUT2D eigenvalue weighted by molar-refractivity contribution is -0.157. The van der Waals surface area contributed by atoms with E-state index in [2.05, 4.69) is 12.6 Å². The molecule has 0 spiro atoms. The fraction of sp³-hybridized carbons (Fsp3) is 0.750. The van der Waals surface area contributed by atoms with Gasteiger partial charge in [0.15, 0.2) is 0 Å². The molecule has 0 aromatic heterocycles. The van der Waals surface area contributed by atoms with Gasteiger partial charge in [0.1, 0.15) is 6.04 Å². The van der Waals surface area contributed by atoms with Crippen molar-refractivity contribution in [3.05, 3.63) is 0 Å². The molecule has 13 heavy (non-hydrogen) atoms. The highest BCUT2D eigenvalue weighted by Crippen LogP contribution is 2.18. The Morgan fingerprint density at radius 1 is 1.54 bits per heavy atom. The van der Waals surface area contributed by atoms with Crippen LogP contribution >= 0.6 is 12.6 Å². The molecule has 0 aliphatic carbocycles. The summed E-state index contributed by atoms with van der Waals surface area (Å²) in [7, 11) is 0. The highest BCUT2D eigenvalue weighted by molar-refractivity contribution is 7.80. The van der Waals surface area contributed by atoms with E-state index in [9.17, 15) is 9.59 Å². The smallest absolute Gasteiger partial charge is 0.326 e. The predicted octanol–water partition coefficient (Wildman–Crippen LogP) is 0.382. The average molecular weight is 203 g/mol. The summed E-state index contributed by atoms with van der Waals surface area (Å²) in [4.78, 5) is 23.3. The number of carbonyl (C=O) groups is 2. The van der Waals surface area contributed by atoms with Gasteiger partial charge in [-0.2, -0.15) is 12.6 Å². The second kappa shape index (κ2) is 4.50. The Balaban J connectivity index is 2.35. The minimum absolute atomic E-state index is 0.0623. The first-order chi connectivity index (χ1) is 6.16. The minimum Gasteiger partial charge on any atom is -0.480 e. The molecule has 1 heterocycles. The topological polar surface area (TPSA) is 57.6 Å². The van der Waals surface area contributed by atoms with E-state index in [0.29, 0.717) is 31.6 Å². The number of nitrogens with zero attached hydrogens (tertiary/aromatic N) is 1. The van der Waals surface area contributed by atoms with Gasteiger partial charge in [0.25, 0.3) is 0 Å². The first-order valence-corrected chi connectivity index (χ1v) is 4.93. The first kappa shape index (κ1) is 10.4. The van der Waals surface area contributed by atoms with Crippen LogP contribution in [0, 0.1) is 0 Å². The molecule has 1 aliphatic rings. The Labute approximate surface area is 82.3 Å². The number of likely N-dealkylation sites (tertiary alicyclic amines) is 1. The van der Waals surface area contributed by atoms with Crippen molar-refractivity contribution in [1.82, 2.24) is 4.90 Å². The van der Waals surface area contributed by atoms with Crippen LogP contribution in [0.4, 0.5) is 0 Å². The number of carboxylic acid groups (broad SMARTS) is 1. The van der Waals surface area contributed by atoms with Crippen LogP contribution in [0.5, 0.6) is 0 Å². The van der Waals surface area contributed by atoms with E-state index in [1.165, 1.54) is 4.90 Å². The van der Waals surface area contributed by atoms with E-state index in [-0.39, 0.29) is 5.91 Å². The second-order valence-electron chi connectivity index (χ2n) is 3.06. The van der Waals surface area contributed by atoms with Gasteiger partial charge in [-0.1, -0.05) is 0 Å². The van der Waals surface area contributed by atoms with E-state index >= 15 is 0 Å². The summed E-state index contributed by atoms with van der Waals surface area (Å²) in [6.45, 7) is 0.586. The van der Waals surface area contributed by atoms with Gasteiger partial charge in [-0.3, -0.25) is 4.79 Å². The van der Waals surface area contributed by atoms with Crippen molar-refractivity contribution in [2.75, 3.05) is 12.3 Å². The zero-order chi connectivity index (χ0) is 9.84. The predicted molar refractivity (Wildman–Crippen MR) is 50.8 cm³/mol. The molecule has 1 atom stereocenters. The van der Waals surface area contributed by atoms with E-state index in [4.69, 9.17) is 5.11 Å². The molecule has 4 nitrogen and oxygen atoms in total. The maximum Gasteiger partial charge on any atom is 0.326 e. The third kappa shape index (κ3) is 2.37. The Morgan fingerprint density at radius 2 is 2.23 bits per heavy atom. The van der Waals surface area contributed by atoms with Gasteiger partial charge < -0.3 is 10.0 Å². The van der Waals surface area contributed by atoms with Crippen molar-refractivity contribution in [1.29, 1.82) is 0 Å². The molecule has 1 amide bonds. The summed E-state index contributed by atoms with van der Waals surface area (Å²) in [5.74, 6) is -0.296. The number of hydrogen-bond donors (Lipinski definition) is 2. The molecule has 1 unspecified atom stereocenters. The number of amides is 1. The van der Waals surface area contributed by atoms with Crippen LogP contribution in [0.1, 0.15) is 19.3 Å². The molecule has 1 aliphatic heterocycles. The van der Waals surface area contributed by atoms with Gasteiger partial charge in [0.05, 0.1) is 0 Å². The van der Waals surface area contributed by atoms with Crippen LogP contribution in [0.2, 0.25) is 0 Å². The molecule has 1 saturated heterocycles. The van der Waals surface area contributed by atoms with Crippen molar-refractivity contribution < 1.29 is 14.7 Å². The molecule has 0 saturated carbocycles. The number of rotatable bonds is 4. The minimum atomic E-state index is -0.898. The number of hydrogen-bond acceptors (Lipinski definition) is 3. The molecule has 0 bridgehead atoms. The SMILES string of the molecule is O=C(O)C1CCN1C(=O)CCCS. The van der Waals surface area contributed by atoms with Crippen molar-refractivity contribution >= 4 is 24.5 Å². The Hall–Kier alpha value is -0.710. The Kier molecular flexibility index (Phi) is 3.59. The molecule has 0 aromatic carbocycles. The van der Waals surface area contributed by atoms with E-state index in [0.717, 1.165) is 0 Å². The average Bonchev–Trinajstić information content (AvgIpc) is 1.97. The first-order valence-electron chi connectivity index (χ1n) is 4.30. The third-order valence-corrected chi connectivity index (χ3v) is 2.49. The Morgan fingerprint density at radius 3 is 2.62 bits per heavy atom. The summed E-state index contributed by atoms with van der Waals surface area (Å²) >= 11 is 3.99. The van der Waals surface area contributed by atoms with Crippen molar-refractivity contribution in [2.45, 2.75) is 25.3 Å². The molecule has 0 aromatic rings. The van der Waals surface area contributed by atoms with Gasteiger partial charge in [0, 0.05) is 13.0 Å². The van der Waals surface area contributed by atoms with E-state index in [1.807, 2.05) is 0 Å². The van der Waals surface area contributed by atoms with Gasteiger partial charge in [-0.05, 0) is 18.6 Å². The summed E-state index contributed by atoms with van der Waals surface area (Å²) in [6.07, 6.45) is 1.71. The third-order valence-electron chi connectivity index (χ3n) is 2.17. The van der Waals surface area contributed by atoms with E-state index < -0.39 is 12.0 Å². The molecule has 1 rings (SSSR count). The largest absolute Gasteiger partial charge is 0.480 e. The second-order valence-corrected chi connectivity index (χ2v) is 3.50. The molecule has 0 radical (unpaired) electrons. The summed E-state index contributed by atoms with van der Waals surface area (Å²) in [5, 5.41) is 8.67. The maximum atomic E-state index is 11.3. The van der Waals surface area contributed by atoms with Crippen LogP contribution in [-0.4, -0.2) is 40.2 Å². The summed E-state index contributed by atoms with van der Waals surface area (Å²) in [5.41, 5.74) is 0. The maximum absolute atomic E-state index is 11.3. The van der Waals surface area contributed by atoms with Crippen molar-refractivity contribution in [2.24, 2.45) is 0 Å². The highest BCUT2D eigenvalue weighted by atomic mass is 32.1. The zero-order valence-corrected chi connectivity index (χ0v) is 8.17. The lowest BCUT2D eigenvalue weighted by atomic mass is 10.0. The summed E-state index contributed by atoms with van der Waals surface area (Å²) in [6, 6.07) is -0.576.